The van der Waals surface area contributed by atoms with Crippen molar-refractivity contribution in [1.29, 1.82) is 0 Å². The molecule has 0 atom stereocenters. The number of thiazole rings is 1. The van der Waals surface area contributed by atoms with Crippen molar-refractivity contribution in [3.8, 4) is 0 Å². The Morgan fingerprint density at radius 2 is 2.19 bits per heavy atom. The molecule has 1 saturated heterocycles. The maximum atomic E-state index is 12.1. The van der Waals surface area contributed by atoms with E-state index in [0.717, 1.165) is 5.69 Å². The smallest absolute Gasteiger partial charge is 0.266 e. The number of amides is 1. The van der Waals surface area contributed by atoms with Gasteiger partial charge in [0.25, 0.3) is 5.91 Å². The molecule has 2 rings (SSSR count). The van der Waals surface area contributed by atoms with E-state index in [1.165, 1.54) is 11.3 Å². The van der Waals surface area contributed by atoms with Crippen LogP contribution in [0.3, 0.4) is 0 Å². The van der Waals surface area contributed by atoms with Gasteiger partial charge in [0, 0.05) is 18.5 Å². The van der Waals surface area contributed by atoms with Gasteiger partial charge in [0.1, 0.15) is 4.88 Å². The van der Waals surface area contributed by atoms with Gasteiger partial charge in [0.15, 0.2) is 0 Å². The summed E-state index contributed by atoms with van der Waals surface area (Å²) in [7, 11) is 0. The molecule has 16 heavy (non-hydrogen) atoms. The van der Waals surface area contributed by atoms with Crippen LogP contribution in [0.1, 0.15) is 36.1 Å². The molecule has 1 fully saturated rings. The molecule has 88 valence electrons. The second-order valence-corrected chi connectivity index (χ2v) is 6.00. The van der Waals surface area contributed by atoms with Crippen LogP contribution in [0.4, 0.5) is 0 Å². The van der Waals surface area contributed by atoms with Crippen molar-refractivity contribution < 1.29 is 9.90 Å². The maximum Gasteiger partial charge on any atom is 0.266 e. The number of aromatic nitrogens is 1. The first-order valence-electron chi connectivity index (χ1n) is 5.31. The summed E-state index contributed by atoms with van der Waals surface area (Å²) in [6, 6.07) is 0. The van der Waals surface area contributed by atoms with Gasteiger partial charge in [0.2, 0.25) is 0 Å². The standard InChI is InChI=1S/C11H16N2O2S/c1-11(2,3)9-8(16-6-12-9)10(15)13-4-7(14)5-13/h6-7,14H,4-5H2,1-3H3. The van der Waals surface area contributed by atoms with Crippen LogP contribution in [0.25, 0.3) is 0 Å². The first kappa shape index (κ1) is 11.5. The lowest BCUT2D eigenvalue weighted by molar-refractivity contribution is 0.00606. The van der Waals surface area contributed by atoms with Gasteiger partial charge >= 0.3 is 0 Å². The number of rotatable bonds is 1. The molecular weight excluding hydrogens is 224 g/mol. The SMILES string of the molecule is CC(C)(C)c1ncsc1C(=O)N1CC(O)C1. The molecular formula is C11H16N2O2S. The monoisotopic (exact) mass is 240 g/mol. The number of likely N-dealkylation sites (tertiary alicyclic amines) is 1. The topological polar surface area (TPSA) is 53.4 Å². The van der Waals surface area contributed by atoms with Crippen molar-refractivity contribution in [2.75, 3.05) is 13.1 Å². The van der Waals surface area contributed by atoms with E-state index in [4.69, 9.17) is 0 Å². The van der Waals surface area contributed by atoms with Crippen LogP contribution in [-0.4, -0.2) is 40.1 Å². The van der Waals surface area contributed by atoms with Crippen molar-refractivity contribution in [2.45, 2.75) is 32.3 Å². The molecule has 2 heterocycles. The molecule has 0 aromatic carbocycles. The molecule has 0 bridgehead atoms. The molecule has 1 aliphatic heterocycles. The zero-order chi connectivity index (χ0) is 11.9. The third-order valence-corrected chi connectivity index (χ3v) is 3.44. The van der Waals surface area contributed by atoms with E-state index >= 15 is 0 Å². The summed E-state index contributed by atoms with van der Waals surface area (Å²) in [6.45, 7) is 7.03. The molecule has 1 aromatic rings. The van der Waals surface area contributed by atoms with Gasteiger partial charge in [-0.3, -0.25) is 4.79 Å². The predicted molar refractivity (Wildman–Crippen MR) is 62.7 cm³/mol. The summed E-state index contributed by atoms with van der Waals surface area (Å²) >= 11 is 1.38. The van der Waals surface area contributed by atoms with E-state index in [2.05, 4.69) is 4.98 Å². The van der Waals surface area contributed by atoms with Crippen LogP contribution in [0.15, 0.2) is 5.51 Å². The fourth-order valence-corrected chi connectivity index (χ4v) is 2.66. The third-order valence-electron chi connectivity index (χ3n) is 2.62. The number of hydrogen-bond donors (Lipinski definition) is 1. The van der Waals surface area contributed by atoms with E-state index in [1.54, 1.807) is 10.4 Å². The minimum Gasteiger partial charge on any atom is -0.389 e. The molecule has 0 unspecified atom stereocenters. The zero-order valence-electron chi connectivity index (χ0n) is 9.73. The van der Waals surface area contributed by atoms with Crippen LogP contribution in [-0.2, 0) is 5.41 Å². The van der Waals surface area contributed by atoms with Crippen molar-refractivity contribution in [3.63, 3.8) is 0 Å². The number of β-amino-alcohol motifs (C(OH)–C–C–N with tert-alkyl or cyclic N) is 1. The first-order chi connectivity index (χ1) is 7.39. The summed E-state index contributed by atoms with van der Waals surface area (Å²) < 4.78 is 0. The summed E-state index contributed by atoms with van der Waals surface area (Å²) in [6.07, 6.45) is -0.352. The van der Waals surface area contributed by atoms with Crippen LogP contribution < -0.4 is 0 Å². The van der Waals surface area contributed by atoms with Gasteiger partial charge in [0.05, 0.1) is 17.3 Å². The number of aliphatic hydroxyl groups is 1. The number of hydrogen-bond acceptors (Lipinski definition) is 4. The maximum absolute atomic E-state index is 12.1. The average Bonchev–Trinajstić information content (AvgIpc) is 2.59. The predicted octanol–water partition coefficient (Wildman–Crippen LogP) is 1.26. The highest BCUT2D eigenvalue weighted by Crippen LogP contribution is 2.29. The van der Waals surface area contributed by atoms with Gasteiger partial charge in [-0.15, -0.1) is 11.3 Å². The highest BCUT2D eigenvalue weighted by molar-refractivity contribution is 7.11. The summed E-state index contributed by atoms with van der Waals surface area (Å²) in [5.74, 6) is -0.00211. The summed E-state index contributed by atoms with van der Waals surface area (Å²) in [4.78, 5) is 18.7. The number of carbonyl (C=O) groups is 1. The Bertz CT molecular complexity index is 402. The Kier molecular flexibility index (Phi) is 2.75. The van der Waals surface area contributed by atoms with Crippen molar-refractivity contribution in [3.05, 3.63) is 16.1 Å². The lowest BCUT2D eigenvalue weighted by Gasteiger charge is -2.36. The van der Waals surface area contributed by atoms with Gasteiger partial charge < -0.3 is 10.0 Å². The van der Waals surface area contributed by atoms with Crippen LogP contribution >= 0.6 is 11.3 Å². The van der Waals surface area contributed by atoms with Crippen molar-refractivity contribution in [2.24, 2.45) is 0 Å². The molecule has 1 N–H and O–H groups in total. The quantitative estimate of drug-likeness (QED) is 0.804. The summed E-state index contributed by atoms with van der Waals surface area (Å²) in [5.41, 5.74) is 2.45. The Hall–Kier alpha value is -0.940. The first-order valence-corrected chi connectivity index (χ1v) is 6.19. The molecule has 0 radical (unpaired) electrons. The Balaban J connectivity index is 2.21. The molecule has 0 spiro atoms. The third kappa shape index (κ3) is 1.97. The largest absolute Gasteiger partial charge is 0.389 e. The van der Waals surface area contributed by atoms with E-state index < -0.39 is 0 Å². The number of carbonyl (C=O) groups excluding carboxylic acids is 1. The highest BCUT2D eigenvalue weighted by atomic mass is 32.1. The van der Waals surface area contributed by atoms with Crippen LogP contribution in [0.2, 0.25) is 0 Å². The molecule has 1 aromatic heterocycles. The van der Waals surface area contributed by atoms with E-state index in [1.807, 2.05) is 20.8 Å². The molecule has 5 heteroatoms. The van der Waals surface area contributed by atoms with Crippen molar-refractivity contribution >= 4 is 17.2 Å². The fraction of sp³-hybridized carbons (Fsp3) is 0.636. The minimum atomic E-state index is -0.352. The Labute approximate surface area is 98.9 Å². The van der Waals surface area contributed by atoms with E-state index in [0.29, 0.717) is 18.0 Å². The molecule has 1 aliphatic rings. The zero-order valence-corrected chi connectivity index (χ0v) is 10.5. The Morgan fingerprint density at radius 1 is 1.56 bits per heavy atom. The van der Waals surface area contributed by atoms with Crippen molar-refractivity contribution in [1.82, 2.24) is 9.88 Å². The van der Waals surface area contributed by atoms with Gasteiger partial charge in [-0.1, -0.05) is 20.8 Å². The Morgan fingerprint density at radius 3 is 2.69 bits per heavy atom. The van der Waals surface area contributed by atoms with Gasteiger partial charge in [-0.05, 0) is 0 Å². The fourth-order valence-electron chi connectivity index (χ4n) is 1.70. The lowest BCUT2D eigenvalue weighted by atomic mass is 9.91. The average molecular weight is 240 g/mol. The highest BCUT2D eigenvalue weighted by Gasteiger charge is 2.33. The minimum absolute atomic E-state index is 0.00211. The second-order valence-electron chi connectivity index (χ2n) is 5.14. The molecule has 1 amide bonds. The number of aliphatic hydroxyl groups excluding tert-OH is 1. The van der Waals surface area contributed by atoms with E-state index in [9.17, 15) is 9.90 Å². The molecule has 0 aliphatic carbocycles. The number of nitrogens with zero attached hydrogens (tertiary/aromatic N) is 2. The second kappa shape index (κ2) is 3.82. The molecule has 4 nitrogen and oxygen atoms in total. The molecule has 0 saturated carbocycles. The van der Waals surface area contributed by atoms with E-state index in [-0.39, 0.29) is 17.4 Å². The van der Waals surface area contributed by atoms with Gasteiger partial charge in [-0.2, -0.15) is 0 Å². The summed E-state index contributed by atoms with van der Waals surface area (Å²) in [5, 5.41) is 9.19. The van der Waals surface area contributed by atoms with Crippen LogP contribution in [0.5, 0.6) is 0 Å². The lowest BCUT2D eigenvalue weighted by Crippen LogP contribution is -2.53. The van der Waals surface area contributed by atoms with Crippen LogP contribution in [0, 0.1) is 0 Å². The normalized spacial score (nSPS) is 17.4. The van der Waals surface area contributed by atoms with Gasteiger partial charge in [-0.25, -0.2) is 4.98 Å².